The number of benzene rings is 1. The van der Waals surface area contributed by atoms with Crippen LogP contribution in [0.3, 0.4) is 0 Å². The highest BCUT2D eigenvalue weighted by atomic mass is 79.9. The number of aromatic nitrogens is 1. The van der Waals surface area contributed by atoms with Gasteiger partial charge in [0.1, 0.15) is 5.75 Å². The maximum Gasteiger partial charge on any atom is 0.261 e. The molecule has 0 spiro atoms. The van der Waals surface area contributed by atoms with Gasteiger partial charge in [0.15, 0.2) is 5.82 Å². The number of carbonyl (C=O) groups is 1. The third-order valence-corrected chi connectivity index (χ3v) is 3.40. The van der Waals surface area contributed by atoms with E-state index in [1.807, 2.05) is 18.2 Å². The molecule has 0 radical (unpaired) electrons. The van der Waals surface area contributed by atoms with E-state index < -0.39 is 0 Å². The Balaban J connectivity index is 2.36. The summed E-state index contributed by atoms with van der Waals surface area (Å²) < 4.78 is 5.86. The van der Waals surface area contributed by atoms with Crippen LogP contribution in [0.5, 0.6) is 5.75 Å². The molecule has 2 rings (SSSR count). The normalized spacial score (nSPS) is 10.1. The summed E-state index contributed by atoms with van der Waals surface area (Å²) >= 11 is 3.30. The van der Waals surface area contributed by atoms with Crippen molar-refractivity contribution >= 4 is 33.3 Å². The van der Waals surface area contributed by atoms with Crippen LogP contribution in [0.15, 0.2) is 41.0 Å². The molecule has 7 heteroatoms. The number of halogens is 1. The van der Waals surface area contributed by atoms with E-state index in [1.165, 1.54) is 4.90 Å². The summed E-state index contributed by atoms with van der Waals surface area (Å²) in [6, 6.07) is 8.90. The summed E-state index contributed by atoms with van der Waals surface area (Å²) in [5.74, 6) is 6.17. The van der Waals surface area contributed by atoms with E-state index in [2.05, 4.69) is 26.3 Å². The molecule has 0 unspecified atom stereocenters. The van der Waals surface area contributed by atoms with E-state index in [0.717, 1.165) is 0 Å². The molecule has 110 valence electrons. The number of ether oxygens (including phenoxy) is 1. The molecule has 0 saturated heterocycles. The van der Waals surface area contributed by atoms with Gasteiger partial charge in [0, 0.05) is 29.5 Å². The van der Waals surface area contributed by atoms with Gasteiger partial charge in [-0.25, -0.2) is 10.8 Å². The second kappa shape index (κ2) is 6.55. The fraction of sp³-hybridized carbons (Fsp3) is 0.143. The van der Waals surface area contributed by atoms with Crippen LogP contribution in [-0.2, 0) is 0 Å². The highest BCUT2D eigenvalue weighted by molar-refractivity contribution is 9.10. The number of nitrogens with two attached hydrogens (primary N) is 1. The SMILES string of the molecule is COc1cccc(N(C)C(=O)c2cc(Br)cnc2NN)c1. The van der Waals surface area contributed by atoms with Crippen molar-refractivity contribution in [2.75, 3.05) is 24.5 Å². The van der Waals surface area contributed by atoms with Gasteiger partial charge in [-0.3, -0.25) is 4.79 Å². The first-order valence-corrected chi connectivity index (χ1v) is 6.90. The van der Waals surface area contributed by atoms with Crippen LogP contribution in [0.2, 0.25) is 0 Å². The second-order valence-electron chi connectivity index (χ2n) is 4.26. The van der Waals surface area contributed by atoms with Crippen molar-refractivity contribution < 1.29 is 9.53 Å². The van der Waals surface area contributed by atoms with Crippen LogP contribution < -0.4 is 20.9 Å². The first-order valence-electron chi connectivity index (χ1n) is 6.11. The largest absolute Gasteiger partial charge is 0.497 e. The van der Waals surface area contributed by atoms with Gasteiger partial charge in [-0.15, -0.1) is 0 Å². The number of hydrogen-bond donors (Lipinski definition) is 2. The molecular weight excluding hydrogens is 336 g/mol. The standard InChI is InChI=1S/C14H15BrN4O2/c1-19(10-4-3-5-11(7-10)21-2)14(20)12-6-9(15)8-17-13(12)18-16/h3-8H,16H2,1-2H3,(H,17,18). The lowest BCUT2D eigenvalue weighted by Crippen LogP contribution is -2.28. The van der Waals surface area contributed by atoms with Crippen molar-refractivity contribution in [3.8, 4) is 5.75 Å². The Bertz CT molecular complexity index is 663. The lowest BCUT2D eigenvalue weighted by molar-refractivity contribution is 0.0993. The van der Waals surface area contributed by atoms with Crippen molar-refractivity contribution in [1.29, 1.82) is 0 Å². The number of hydrogen-bond acceptors (Lipinski definition) is 5. The maximum absolute atomic E-state index is 12.6. The predicted octanol–water partition coefficient (Wildman–Crippen LogP) is 2.41. The molecule has 6 nitrogen and oxygen atoms in total. The van der Waals surface area contributed by atoms with Crippen molar-refractivity contribution in [1.82, 2.24) is 4.98 Å². The van der Waals surface area contributed by atoms with Crippen LogP contribution in [0.25, 0.3) is 0 Å². The Morgan fingerprint density at radius 2 is 2.19 bits per heavy atom. The minimum absolute atomic E-state index is 0.231. The number of nitrogens with one attached hydrogen (secondary N) is 1. The Kier molecular flexibility index (Phi) is 4.77. The average Bonchev–Trinajstić information content (AvgIpc) is 2.53. The summed E-state index contributed by atoms with van der Waals surface area (Å²) in [5, 5.41) is 0. The molecule has 0 saturated carbocycles. The Hall–Kier alpha value is -2.12. The molecule has 2 aromatic rings. The van der Waals surface area contributed by atoms with Gasteiger partial charge in [0.05, 0.1) is 12.7 Å². The molecule has 0 aliphatic rings. The molecule has 1 aromatic carbocycles. The van der Waals surface area contributed by atoms with Crippen LogP contribution in [0.1, 0.15) is 10.4 Å². The average molecular weight is 351 g/mol. The molecule has 0 fully saturated rings. The summed E-state index contributed by atoms with van der Waals surface area (Å²) in [7, 11) is 3.26. The highest BCUT2D eigenvalue weighted by Crippen LogP contribution is 2.24. The Morgan fingerprint density at radius 1 is 1.43 bits per heavy atom. The number of amides is 1. The fourth-order valence-electron chi connectivity index (χ4n) is 1.83. The van der Waals surface area contributed by atoms with E-state index in [4.69, 9.17) is 10.6 Å². The zero-order valence-corrected chi connectivity index (χ0v) is 13.2. The van der Waals surface area contributed by atoms with E-state index in [9.17, 15) is 4.79 Å². The zero-order valence-electron chi connectivity index (χ0n) is 11.6. The maximum atomic E-state index is 12.6. The van der Waals surface area contributed by atoms with Crippen LogP contribution in [0, 0.1) is 0 Å². The van der Waals surface area contributed by atoms with E-state index >= 15 is 0 Å². The topological polar surface area (TPSA) is 80.5 Å². The molecule has 3 N–H and O–H groups in total. The van der Waals surface area contributed by atoms with Crippen molar-refractivity contribution in [2.45, 2.75) is 0 Å². The van der Waals surface area contributed by atoms with E-state index in [0.29, 0.717) is 27.3 Å². The van der Waals surface area contributed by atoms with Gasteiger partial charge < -0.3 is 15.1 Å². The highest BCUT2D eigenvalue weighted by Gasteiger charge is 2.18. The third-order valence-electron chi connectivity index (χ3n) is 2.97. The van der Waals surface area contributed by atoms with Gasteiger partial charge in [-0.1, -0.05) is 6.07 Å². The molecular formula is C14H15BrN4O2. The minimum atomic E-state index is -0.231. The van der Waals surface area contributed by atoms with Gasteiger partial charge in [0.2, 0.25) is 0 Å². The first-order chi connectivity index (χ1) is 10.1. The number of anilines is 2. The zero-order chi connectivity index (χ0) is 15.4. The number of hydrazine groups is 1. The molecule has 1 heterocycles. The number of rotatable bonds is 4. The summed E-state index contributed by atoms with van der Waals surface area (Å²) in [6.45, 7) is 0. The van der Waals surface area contributed by atoms with Crippen LogP contribution in [0.4, 0.5) is 11.5 Å². The van der Waals surface area contributed by atoms with E-state index in [-0.39, 0.29) is 5.91 Å². The minimum Gasteiger partial charge on any atom is -0.497 e. The molecule has 1 amide bonds. The molecule has 0 atom stereocenters. The summed E-state index contributed by atoms with van der Waals surface area (Å²) in [5.41, 5.74) is 3.51. The molecule has 1 aromatic heterocycles. The Morgan fingerprint density at radius 3 is 2.86 bits per heavy atom. The lowest BCUT2D eigenvalue weighted by Gasteiger charge is -2.19. The van der Waals surface area contributed by atoms with Gasteiger partial charge in [-0.2, -0.15) is 0 Å². The van der Waals surface area contributed by atoms with Crippen molar-refractivity contribution in [3.63, 3.8) is 0 Å². The smallest absolute Gasteiger partial charge is 0.261 e. The van der Waals surface area contributed by atoms with Gasteiger partial charge in [0.25, 0.3) is 5.91 Å². The fourth-order valence-corrected chi connectivity index (χ4v) is 2.17. The second-order valence-corrected chi connectivity index (χ2v) is 5.18. The van der Waals surface area contributed by atoms with Gasteiger partial charge >= 0.3 is 0 Å². The van der Waals surface area contributed by atoms with Crippen LogP contribution >= 0.6 is 15.9 Å². The van der Waals surface area contributed by atoms with Crippen molar-refractivity contribution in [2.24, 2.45) is 5.84 Å². The quantitative estimate of drug-likeness (QED) is 0.653. The summed E-state index contributed by atoms with van der Waals surface area (Å²) in [4.78, 5) is 18.2. The summed E-state index contributed by atoms with van der Waals surface area (Å²) in [6.07, 6.45) is 1.57. The molecule has 21 heavy (non-hydrogen) atoms. The molecule has 0 bridgehead atoms. The first kappa shape index (κ1) is 15.3. The lowest BCUT2D eigenvalue weighted by atomic mass is 10.2. The number of methoxy groups -OCH3 is 1. The number of carbonyl (C=O) groups excluding carboxylic acids is 1. The molecule has 0 aliphatic heterocycles. The third kappa shape index (κ3) is 3.32. The van der Waals surface area contributed by atoms with E-state index in [1.54, 1.807) is 32.5 Å². The molecule has 0 aliphatic carbocycles. The number of pyridine rings is 1. The Labute approximate surface area is 131 Å². The van der Waals surface area contributed by atoms with Crippen LogP contribution in [-0.4, -0.2) is 25.0 Å². The predicted molar refractivity (Wildman–Crippen MR) is 85.5 cm³/mol. The van der Waals surface area contributed by atoms with Gasteiger partial charge in [-0.05, 0) is 34.1 Å². The number of nitrogens with zero attached hydrogens (tertiary/aromatic N) is 2. The monoisotopic (exact) mass is 350 g/mol. The number of nitrogen functional groups attached to an aromatic ring is 1. The van der Waals surface area contributed by atoms with Crippen molar-refractivity contribution in [3.05, 3.63) is 46.6 Å².